The summed E-state index contributed by atoms with van der Waals surface area (Å²) in [4.78, 5) is 15.8. The maximum atomic E-state index is 6.45. The Morgan fingerprint density at radius 3 is 2.75 bits per heavy atom. The van der Waals surface area contributed by atoms with Gasteiger partial charge in [-0.1, -0.05) is 11.6 Å². The minimum absolute atomic E-state index is 0.173. The molecule has 0 aliphatic carbocycles. The zero-order chi connectivity index (χ0) is 20.3. The van der Waals surface area contributed by atoms with Crippen LogP contribution < -0.4 is 26.6 Å². The molecule has 0 amide bonds. The summed E-state index contributed by atoms with van der Waals surface area (Å²) in [5, 5.41) is 10.6. The van der Waals surface area contributed by atoms with E-state index in [2.05, 4.69) is 51.6 Å². The highest BCUT2D eigenvalue weighted by atomic mass is 35.5. The predicted octanol–water partition coefficient (Wildman–Crippen LogP) is 2.73. The second-order valence-corrected chi connectivity index (χ2v) is 8.42. The molecule has 1 saturated heterocycles. The predicted molar refractivity (Wildman–Crippen MR) is 116 cm³/mol. The van der Waals surface area contributed by atoms with Crippen molar-refractivity contribution in [1.29, 1.82) is 0 Å². The maximum Gasteiger partial charge on any atom is 0.227 e. The number of hydrogen-bond acceptors (Lipinski definition) is 8. The normalized spacial score (nSPS) is 17.0. The third kappa shape index (κ3) is 4.94. The molecule has 2 aromatic heterocycles. The number of likely N-dealkylation sites (N-methyl/N-ethyl adjacent to an activating group) is 1. The quantitative estimate of drug-likeness (QED) is 0.582. The first kappa shape index (κ1) is 20.4. The van der Waals surface area contributed by atoms with Crippen LogP contribution in [0, 0.1) is 0 Å². The molecule has 9 heteroatoms. The van der Waals surface area contributed by atoms with Crippen LogP contribution in [0.25, 0.3) is 0 Å². The van der Waals surface area contributed by atoms with Gasteiger partial charge in [-0.2, -0.15) is 9.97 Å². The number of nitrogens with zero attached hydrogens (tertiary/aromatic N) is 4. The molecule has 28 heavy (non-hydrogen) atoms. The van der Waals surface area contributed by atoms with Crippen LogP contribution in [0.3, 0.4) is 0 Å². The van der Waals surface area contributed by atoms with Crippen LogP contribution in [0.4, 0.5) is 23.3 Å². The highest BCUT2D eigenvalue weighted by Crippen LogP contribution is 2.32. The lowest BCUT2D eigenvalue weighted by Crippen LogP contribution is -2.31. The lowest BCUT2D eigenvalue weighted by molar-refractivity contribution is 0.616. The van der Waals surface area contributed by atoms with Crippen molar-refractivity contribution in [2.75, 3.05) is 41.4 Å². The van der Waals surface area contributed by atoms with Crippen molar-refractivity contribution >= 4 is 34.9 Å². The van der Waals surface area contributed by atoms with E-state index >= 15 is 0 Å². The first-order chi connectivity index (χ1) is 13.3. The van der Waals surface area contributed by atoms with Crippen LogP contribution in [0.5, 0.6) is 0 Å². The number of pyridine rings is 1. The largest absolute Gasteiger partial charge is 0.393 e. The van der Waals surface area contributed by atoms with E-state index in [4.69, 9.17) is 22.3 Å². The summed E-state index contributed by atoms with van der Waals surface area (Å²) in [5.74, 6) is 1.86. The van der Waals surface area contributed by atoms with Gasteiger partial charge in [0.2, 0.25) is 5.95 Å². The second kappa shape index (κ2) is 8.36. The molecule has 3 rings (SSSR count). The summed E-state index contributed by atoms with van der Waals surface area (Å²) >= 11 is 6.22. The van der Waals surface area contributed by atoms with Gasteiger partial charge in [0.05, 0.1) is 17.3 Å². The summed E-state index contributed by atoms with van der Waals surface area (Å²) in [5.41, 5.74) is 7.55. The first-order valence-corrected chi connectivity index (χ1v) is 9.86. The minimum atomic E-state index is -0.173. The van der Waals surface area contributed by atoms with Crippen molar-refractivity contribution in [2.45, 2.75) is 45.3 Å². The number of nitrogens with one attached hydrogen (secondary N) is 3. The fourth-order valence-corrected chi connectivity index (χ4v) is 3.32. The Hall–Kier alpha value is -2.32. The standard InChI is InChI=1S/C19H29ClN8/c1-19(2,3)27-18-25-16(24-10-14-13(20)6-5-8-23-14)15(21)17(26-18)28-9-7-12(11-28)22-4/h5-6,8,12,22H,7,9-11,21H2,1-4H3,(H2,24,25,26,27). The van der Waals surface area contributed by atoms with E-state index in [1.165, 1.54) is 0 Å². The highest BCUT2D eigenvalue weighted by molar-refractivity contribution is 6.31. The summed E-state index contributed by atoms with van der Waals surface area (Å²) in [6.07, 6.45) is 2.76. The zero-order valence-electron chi connectivity index (χ0n) is 16.9. The monoisotopic (exact) mass is 404 g/mol. The van der Waals surface area contributed by atoms with E-state index in [0.717, 1.165) is 31.0 Å². The van der Waals surface area contributed by atoms with Crippen LogP contribution in [0.1, 0.15) is 32.9 Å². The van der Waals surface area contributed by atoms with Gasteiger partial charge in [-0.3, -0.25) is 4.98 Å². The molecular formula is C19H29ClN8. The van der Waals surface area contributed by atoms with Crippen LogP contribution in [-0.2, 0) is 6.54 Å². The Morgan fingerprint density at radius 2 is 2.11 bits per heavy atom. The van der Waals surface area contributed by atoms with Gasteiger partial charge in [-0.05, 0) is 46.4 Å². The second-order valence-electron chi connectivity index (χ2n) is 8.01. The van der Waals surface area contributed by atoms with E-state index in [0.29, 0.717) is 35.1 Å². The van der Waals surface area contributed by atoms with Crippen LogP contribution in [-0.4, -0.2) is 46.7 Å². The van der Waals surface area contributed by atoms with Crippen molar-refractivity contribution in [3.8, 4) is 0 Å². The fourth-order valence-electron chi connectivity index (χ4n) is 3.13. The van der Waals surface area contributed by atoms with Gasteiger partial charge in [0, 0.05) is 30.9 Å². The molecule has 0 aromatic carbocycles. The van der Waals surface area contributed by atoms with Gasteiger partial charge in [-0.25, -0.2) is 0 Å². The van der Waals surface area contributed by atoms with Crippen molar-refractivity contribution in [3.63, 3.8) is 0 Å². The number of nitrogen functional groups attached to an aromatic ring is 1. The van der Waals surface area contributed by atoms with Crippen LogP contribution in [0.15, 0.2) is 18.3 Å². The smallest absolute Gasteiger partial charge is 0.227 e. The third-order valence-corrected chi connectivity index (χ3v) is 4.91. The van der Waals surface area contributed by atoms with Gasteiger partial charge < -0.3 is 26.6 Å². The molecule has 5 N–H and O–H groups in total. The van der Waals surface area contributed by atoms with Crippen LogP contribution in [0.2, 0.25) is 5.02 Å². The molecule has 1 aliphatic rings. The van der Waals surface area contributed by atoms with Gasteiger partial charge in [-0.15, -0.1) is 0 Å². The number of hydrogen-bond donors (Lipinski definition) is 4. The molecule has 8 nitrogen and oxygen atoms in total. The highest BCUT2D eigenvalue weighted by Gasteiger charge is 2.26. The average Bonchev–Trinajstić information content (AvgIpc) is 3.11. The molecular weight excluding hydrogens is 376 g/mol. The number of halogens is 1. The zero-order valence-corrected chi connectivity index (χ0v) is 17.6. The Kier molecular flexibility index (Phi) is 6.10. The van der Waals surface area contributed by atoms with E-state index in [1.54, 1.807) is 12.3 Å². The van der Waals surface area contributed by atoms with E-state index in [1.807, 2.05) is 13.1 Å². The summed E-state index contributed by atoms with van der Waals surface area (Å²) in [7, 11) is 1.98. The minimum Gasteiger partial charge on any atom is -0.393 e. The Balaban J connectivity index is 1.90. The van der Waals surface area contributed by atoms with Crippen LogP contribution >= 0.6 is 11.6 Å². The van der Waals surface area contributed by atoms with Crippen molar-refractivity contribution in [2.24, 2.45) is 0 Å². The van der Waals surface area contributed by atoms with Gasteiger partial charge in [0.25, 0.3) is 0 Å². The Morgan fingerprint density at radius 1 is 1.32 bits per heavy atom. The molecule has 0 radical (unpaired) electrons. The van der Waals surface area contributed by atoms with Crippen molar-refractivity contribution in [1.82, 2.24) is 20.3 Å². The number of nitrogens with two attached hydrogens (primary N) is 1. The lowest BCUT2D eigenvalue weighted by atomic mass is 10.1. The van der Waals surface area contributed by atoms with E-state index in [9.17, 15) is 0 Å². The topological polar surface area (TPSA) is 104 Å². The molecule has 1 fully saturated rings. The van der Waals surface area contributed by atoms with Gasteiger partial charge >= 0.3 is 0 Å². The molecule has 152 valence electrons. The van der Waals surface area contributed by atoms with Crippen molar-refractivity contribution in [3.05, 3.63) is 29.0 Å². The molecule has 2 aromatic rings. The fraction of sp³-hybridized carbons (Fsp3) is 0.526. The number of aromatic nitrogens is 3. The SMILES string of the molecule is CNC1CCN(c2nc(NC(C)(C)C)nc(NCc3ncccc3Cl)c2N)C1. The van der Waals surface area contributed by atoms with Gasteiger partial charge in [0.1, 0.15) is 5.69 Å². The lowest BCUT2D eigenvalue weighted by Gasteiger charge is -2.25. The number of rotatable bonds is 6. The summed E-state index contributed by atoms with van der Waals surface area (Å²) in [6.45, 7) is 8.39. The molecule has 1 unspecified atom stereocenters. The molecule has 3 heterocycles. The van der Waals surface area contributed by atoms with E-state index < -0.39 is 0 Å². The number of anilines is 4. The van der Waals surface area contributed by atoms with Crippen molar-refractivity contribution < 1.29 is 0 Å². The molecule has 0 bridgehead atoms. The molecule has 0 saturated carbocycles. The summed E-state index contributed by atoms with van der Waals surface area (Å²) in [6, 6.07) is 4.05. The Labute approximate surface area is 171 Å². The molecule has 0 spiro atoms. The van der Waals surface area contributed by atoms with Gasteiger partial charge in [0.15, 0.2) is 11.6 Å². The molecule has 1 aliphatic heterocycles. The maximum absolute atomic E-state index is 6.45. The summed E-state index contributed by atoms with van der Waals surface area (Å²) < 4.78 is 0. The van der Waals surface area contributed by atoms with E-state index in [-0.39, 0.29) is 5.54 Å². The third-order valence-electron chi connectivity index (χ3n) is 4.57. The molecule has 1 atom stereocenters. The Bertz CT molecular complexity index is 820. The first-order valence-electron chi connectivity index (χ1n) is 9.48. The average molecular weight is 405 g/mol.